The first-order valence-corrected chi connectivity index (χ1v) is 4.63. The molecule has 0 unspecified atom stereocenters. The average Bonchev–Trinajstić information content (AvgIpc) is 2.76. The summed E-state index contributed by atoms with van der Waals surface area (Å²) in [5, 5.41) is 8.43. The Bertz CT molecular complexity index is 554. The molecule has 1 amide bonds. The van der Waals surface area contributed by atoms with E-state index in [0.717, 1.165) is 6.07 Å². The van der Waals surface area contributed by atoms with Gasteiger partial charge < -0.3 is 11.1 Å². The normalized spacial score (nSPS) is 10.2. The van der Waals surface area contributed by atoms with Crippen molar-refractivity contribution in [3.8, 4) is 0 Å². The molecule has 0 aliphatic carbocycles. The van der Waals surface area contributed by atoms with Crippen LogP contribution in [0.3, 0.4) is 0 Å². The van der Waals surface area contributed by atoms with Gasteiger partial charge in [0.1, 0.15) is 17.5 Å². The van der Waals surface area contributed by atoms with Crippen LogP contribution >= 0.6 is 0 Å². The summed E-state index contributed by atoms with van der Waals surface area (Å²) in [7, 11) is 0. The first-order valence-electron chi connectivity index (χ1n) is 4.63. The van der Waals surface area contributed by atoms with E-state index in [1.807, 2.05) is 0 Å². The summed E-state index contributed by atoms with van der Waals surface area (Å²) < 4.78 is 26.2. The van der Waals surface area contributed by atoms with E-state index < -0.39 is 17.5 Å². The molecule has 5 nitrogen and oxygen atoms in total. The number of nitrogens with one attached hydrogen (secondary N) is 2. The molecule has 2 aromatic rings. The Balaban J connectivity index is 2.28. The quantitative estimate of drug-likeness (QED) is 0.693. The SMILES string of the molecule is Nc1cc(C(=O)Nc2ccn[nH]2)c(F)cc1F. The van der Waals surface area contributed by atoms with Gasteiger partial charge in [-0.15, -0.1) is 0 Å². The Kier molecular flexibility index (Phi) is 2.73. The molecular weight excluding hydrogens is 230 g/mol. The number of carbonyl (C=O) groups is 1. The Labute approximate surface area is 94.6 Å². The van der Waals surface area contributed by atoms with Crippen LogP contribution in [-0.4, -0.2) is 16.1 Å². The van der Waals surface area contributed by atoms with E-state index in [1.165, 1.54) is 12.3 Å². The molecule has 0 spiro atoms. The number of nitrogen functional groups attached to an aromatic ring is 1. The van der Waals surface area contributed by atoms with Gasteiger partial charge in [0.2, 0.25) is 0 Å². The molecule has 0 atom stereocenters. The number of aromatic nitrogens is 2. The van der Waals surface area contributed by atoms with Crippen molar-refractivity contribution in [2.75, 3.05) is 11.1 Å². The number of hydrogen-bond acceptors (Lipinski definition) is 3. The molecule has 1 aromatic heterocycles. The fourth-order valence-corrected chi connectivity index (χ4v) is 1.25. The number of nitrogens with two attached hydrogens (primary N) is 1. The number of rotatable bonds is 2. The topological polar surface area (TPSA) is 83.8 Å². The maximum absolute atomic E-state index is 13.3. The van der Waals surface area contributed by atoms with E-state index in [0.29, 0.717) is 11.9 Å². The van der Waals surface area contributed by atoms with Crippen molar-refractivity contribution in [2.45, 2.75) is 0 Å². The molecule has 0 radical (unpaired) electrons. The van der Waals surface area contributed by atoms with Crippen LogP contribution in [0, 0.1) is 11.6 Å². The number of anilines is 2. The summed E-state index contributed by atoms with van der Waals surface area (Å²) in [6.45, 7) is 0. The Hall–Kier alpha value is -2.44. The van der Waals surface area contributed by atoms with Gasteiger partial charge in [0.25, 0.3) is 5.91 Å². The van der Waals surface area contributed by atoms with Crippen LogP contribution < -0.4 is 11.1 Å². The van der Waals surface area contributed by atoms with Crippen molar-refractivity contribution >= 4 is 17.4 Å². The van der Waals surface area contributed by atoms with Crippen LogP contribution in [0.15, 0.2) is 24.4 Å². The first-order chi connectivity index (χ1) is 8.08. The van der Waals surface area contributed by atoms with Gasteiger partial charge in [-0.1, -0.05) is 0 Å². The van der Waals surface area contributed by atoms with Crippen LogP contribution in [0.5, 0.6) is 0 Å². The molecule has 0 saturated heterocycles. The van der Waals surface area contributed by atoms with Crippen molar-refractivity contribution in [3.05, 3.63) is 41.6 Å². The number of carbonyl (C=O) groups excluding carboxylic acids is 1. The van der Waals surface area contributed by atoms with Gasteiger partial charge in [0, 0.05) is 12.1 Å². The van der Waals surface area contributed by atoms with Crippen molar-refractivity contribution in [1.82, 2.24) is 10.2 Å². The Morgan fingerprint density at radius 3 is 2.76 bits per heavy atom. The molecule has 0 fully saturated rings. The lowest BCUT2D eigenvalue weighted by Crippen LogP contribution is -2.15. The molecule has 2 rings (SSSR count). The number of H-pyrrole nitrogens is 1. The third-order valence-electron chi connectivity index (χ3n) is 2.08. The monoisotopic (exact) mass is 238 g/mol. The van der Waals surface area contributed by atoms with Gasteiger partial charge in [0.15, 0.2) is 0 Å². The minimum absolute atomic E-state index is 0.291. The Morgan fingerprint density at radius 2 is 2.12 bits per heavy atom. The summed E-state index contributed by atoms with van der Waals surface area (Å²) in [5.41, 5.74) is 4.63. The number of aromatic amines is 1. The van der Waals surface area contributed by atoms with Crippen LogP contribution in [0.1, 0.15) is 10.4 Å². The second-order valence-electron chi connectivity index (χ2n) is 3.28. The second kappa shape index (κ2) is 4.20. The number of hydrogen-bond donors (Lipinski definition) is 3. The van der Waals surface area contributed by atoms with E-state index in [9.17, 15) is 13.6 Å². The highest BCUT2D eigenvalue weighted by atomic mass is 19.1. The highest BCUT2D eigenvalue weighted by Gasteiger charge is 2.15. The highest BCUT2D eigenvalue weighted by molar-refractivity contribution is 6.04. The molecule has 4 N–H and O–H groups in total. The van der Waals surface area contributed by atoms with Gasteiger partial charge in [-0.3, -0.25) is 9.89 Å². The number of benzene rings is 1. The fourth-order valence-electron chi connectivity index (χ4n) is 1.25. The van der Waals surface area contributed by atoms with Gasteiger partial charge in [-0.25, -0.2) is 8.78 Å². The predicted octanol–water partition coefficient (Wildman–Crippen LogP) is 1.52. The highest BCUT2D eigenvalue weighted by Crippen LogP contribution is 2.17. The van der Waals surface area contributed by atoms with Gasteiger partial charge >= 0.3 is 0 Å². The lowest BCUT2D eigenvalue weighted by atomic mass is 10.1. The van der Waals surface area contributed by atoms with Gasteiger partial charge in [-0.2, -0.15) is 5.10 Å². The summed E-state index contributed by atoms with van der Waals surface area (Å²) >= 11 is 0. The molecule has 17 heavy (non-hydrogen) atoms. The maximum atomic E-state index is 13.3. The maximum Gasteiger partial charge on any atom is 0.259 e. The van der Waals surface area contributed by atoms with E-state index >= 15 is 0 Å². The van der Waals surface area contributed by atoms with Crippen molar-refractivity contribution < 1.29 is 13.6 Å². The minimum Gasteiger partial charge on any atom is -0.396 e. The summed E-state index contributed by atoms with van der Waals surface area (Å²) in [6.07, 6.45) is 1.42. The molecule has 0 aliphatic heterocycles. The van der Waals surface area contributed by atoms with Crippen molar-refractivity contribution in [3.63, 3.8) is 0 Å². The third kappa shape index (κ3) is 2.22. The lowest BCUT2D eigenvalue weighted by molar-refractivity contribution is 0.102. The van der Waals surface area contributed by atoms with E-state index in [-0.39, 0.29) is 11.3 Å². The van der Waals surface area contributed by atoms with Crippen LogP contribution in [0.2, 0.25) is 0 Å². The predicted molar refractivity (Wildman–Crippen MR) is 57.3 cm³/mol. The van der Waals surface area contributed by atoms with Crippen molar-refractivity contribution in [1.29, 1.82) is 0 Å². The van der Waals surface area contributed by atoms with E-state index in [4.69, 9.17) is 5.73 Å². The zero-order chi connectivity index (χ0) is 12.4. The zero-order valence-electron chi connectivity index (χ0n) is 8.50. The number of nitrogens with zero attached hydrogens (tertiary/aromatic N) is 1. The molecule has 0 saturated carbocycles. The molecular formula is C10H8F2N4O. The summed E-state index contributed by atoms with van der Waals surface area (Å²) in [4.78, 5) is 11.6. The number of amides is 1. The molecule has 1 heterocycles. The van der Waals surface area contributed by atoms with E-state index in [1.54, 1.807) is 0 Å². The smallest absolute Gasteiger partial charge is 0.259 e. The molecule has 1 aromatic carbocycles. The van der Waals surface area contributed by atoms with Gasteiger partial charge in [0.05, 0.1) is 17.4 Å². The first kappa shape index (κ1) is 11.1. The molecule has 0 bridgehead atoms. The van der Waals surface area contributed by atoms with Crippen LogP contribution in [0.4, 0.5) is 20.3 Å². The zero-order valence-corrected chi connectivity index (χ0v) is 8.50. The lowest BCUT2D eigenvalue weighted by Gasteiger charge is -2.05. The summed E-state index contributed by atoms with van der Waals surface area (Å²) in [6, 6.07) is 3.00. The van der Waals surface area contributed by atoms with Crippen LogP contribution in [0.25, 0.3) is 0 Å². The molecule has 0 aliphatic rings. The standard InChI is InChI=1S/C10H8F2N4O/c11-6-4-7(12)8(13)3-5(6)10(17)15-9-1-2-14-16-9/h1-4H,13H2,(H2,14,15,16,17). The van der Waals surface area contributed by atoms with Gasteiger partial charge in [-0.05, 0) is 6.07 Å². The average molecular weight is 238 g/mol. The summed E-state index contributed by atoms with van der Waals surface area (Å²) in [5.74, 6) is -2.31. The fraction of sp³-hybridized carbons (Fsp3) is 0. The Morgan fingerprint density at radius 1 is 1.35 bits per heavy atom. The van der Waals surface area contributed by atoms with Crippen LogP contribution in [-0.2, 0) is 0 Å². The molecule has 7 heteroatoms. The van der Waals surface area contributed by atoms with E-state index in [2.05, 4.69) is 15.5 Å². The number of halogens is 2. The second-order valence-corrected chi connectivity index (χ2v) is 3.28. The molecule has 88 valence electrons. The largest absolute Gasteiger partial charge is 0.396 e. The third-order valence-corrected chi connectivity index (χ3v) is 2.08. The van der Waals surface area contributed by atoms with Crippen molar-refractivity contribution in [2.24, 2.45) is 0 Å². The minimum atomic E-state index is -0.978.